The van der Waals surface area contributed by atoms with E-state index in [-0.39, 0.29) is 5.95 Å². The maximum absolute atomic E-state index is 5.67. The average molecular weight is 402 g/mol. The van der Waals surface area contributed by atoms with Crippen LogP contribution in [0, 0.1) is 0 Å². The molecule has 2 N–H and O–H groups in total. The highest BCUT2D eigenvalue weighted by Gasteiger charge is 2.20. The molecule has 0 bridgehead atoms. The minimum atomic E-state index is 0.228. The van der Waals surface area contributed by atoms with E-state index in [4.69, 9.17) is 20.4 Å². The molecule has 9 heteroatoms. The summed E-state index contributed by atoms with van der Waals surface area (Å²) in [6.07, 6.45) is 6.07. The third-order valence-corrected chi connectivity index (χ3v) is 5.18. The highest BCUT2D eigenvalue weighted by atomic mass is 16.5. The lowest BCUT2D eigenvalue weighted by molar-refractivity contribution is 0.122. The van der Waals surface area contributed by atoms with E-state index in [1.54, 1.807) is 12.4 Å². The van der Waals surface area contributed by atoms with Crippen molar-refractivity contribution in [3.63, 3.8) is 0 Å². The zero-order valence-corrected chi connectivity index (χ0v) is 16.5. The van der Waals surface area contributed by atoms with Gasteiger partial charge in [-0.05, 0) is 12.0 Å². The number of morpholine rings is 1. The summed E-state index contributed by atoms with van der Waals surface area (Å²) in [6.45, 7) is 3.60. The van der Waals surface area contributed by atoms with Crippen molar-refractivity contribution in [1.29, 1.82) is 0 Å². The lowest BCUT2D eigenvalue weighted by Gasteiger charge is -2.27. The van der Waals surface area contributed by atoms with Gasteiger partial charge in [0.2, 0.25) is 11.9 Å². The molecule has 1 saturated heterocycles. The number of anilines is 2. The van der Waals surface area contributed by atoms with E-state index in [0.717, 1.165) is 42.8 Å². The number of aromatic nitrogens is 6. The molecule has 1 aliphatic rings. The number of hydrogen-bond acceptors (Lipinski definition) is 8. The second-order valence-corrected chi connectivity index (χ2v) is 7.15. The van der Waals surface area contributed by atoms with E-state index in [0.29, 0.717) is 24.9 Å². The predicted octanol–water partition coefficient (Wildman–Crippen LogP) is 1.94. The Hall–Kier alpha value is -3.59. The van der Waals surface area contributed by atoms with Gasteiger partial charge in [0.15, 0.2) is 5.65 Å². The number of ether oxygens (including phenoxy) is 1. The molecule has 0 radical (unpaired) electrons. The maximum atomic E-state index is 5.67. The van der Waals surface area contributed by atoms with Crippen molar-refractivity contribution in [3.8, 4) is 11.3 Å². The van der Waals surface area contributed by atoms with Gasteiger partial charge in [0.05, 0.1) is 19.5 Å². The normalized spacial score (nSPS) is 14.3. The SMILES string of the molecule is Nc1ncc(-c2nc(N3CCOCC3)nc3c2ncn3CCc2ccccc2)cn1. The molecule has 0 amide bonds. The Morgan fingerprint density at radius 3 is 2.50 bits per heavy atom. The van der Waals surface area contributed by atoms with Crippen molar-refractivity contribution in [2.45, 2.75) is 13.0 Å². The first-order valence-corrected chi connectivity index (χ1v) is 9.95. The van der Waals surface area contributed by atoms with Gasteiger partial charge in [-0.3, -0.25) is 0 Å². The van der Waals surface area contributed by atoms with Crippen LogP contribution in [0.3, 0.4) is 0 Å². The second kappa shape index (κ2) is 8.03. The van der Waals surface area contributed by atoms with Crippen molar-refractivity contribution in [2.24, 2.45) is 0 Å². The molecular weight excluding hydrogens is 380 g/mol. The van der Waals surface area contributed by atoms with E-state index < -0.39 is 0 Å². The highest BCUT2D eigenvalue weighted by molar-refractivity contribution is 5.88. The van der Waals surface area contributed by atoms with Crippen LogP contribution in [0.5, 0.6) is 0 Å². The summed E-state index contributed by atoms with van der Waals surface area (Å²) in [4.78, 5) is 24.7. The molecule has 0 aliphatic carbocycles. The van der Waals surface area contributed by atoms with Crippen molar-refractivity contribution >= 4 is 23.1 Å². The predicted molar refractivity (Wildman–Crippen MR) is 114 cm³/mol. The molecule has 4 aromatic rings. The number of fused-ring (bicyclic) bond motifs is 1. The Bertz CT molecular complexity index is 1140. The molecule has 9 nitrogen and oxygen atoms in total. The molecule has 5 rings (SSSR count). The third kappa shape index (κ3) is 3.67. The van der Waals surface area contributed by atoms with Gasteiger partial charge < -0.3 is 19.9 Å². The minimum Gasteiger partial charge on any atom is -0.378 e. The number of nitrogen functional groups attached to an aromatic ring is 1. The molecule has 0 unspecified atom stereocenters. The van der Waals surface area contributed by atoms with Gasteiger partial charge in [-0.2, -0.15) is 4.98 Å². The van der Waals surface area contributed by atoms with Crippen LogP contribution in [-0.4, -0.2) is 55.8 Å². The molecule has 1 aliphatic heterocycles. The third-order valence-electron chi connectivity index (χ3n) is 5.18. The summed E-state index contributed by atoms with van der Waals surface area (Å²) in [7, 11) is 0. The summed E-state index contributed by atoms with van der Waals surface area (Å²) < 4.78 is 7.56. The van der Waals surface area contributed by atoms with Crippen LogP contribution in [0.15, 0.2) is 49.1 Å². The Morgan fingerprint density at radius 1 is 0.967 bits per heavy atom. The van der Waals surface area contributed by atoms with Crippen LogP contribution >= 0.6 is 0 Å². The Morgan fingerprint density at radius 2 is 1.73 bits per heavy atom. The van der Waals surface area contributed by atoms with Crippen molar-refractivity contribution in [3.05, 3.63) is 54.6 Å². The Kier molecular flexibility index (Phi) is 4.94. The summed E-state index contributed by atoms with van der Waals surface area (Å²) in [5, 5.41) is 0. The number of benzene rings is 1. The van der Waals surface area contributed by atoms with Crippen LogP contribution in [-0.2, 0) is 17.7 Å². The average Bonchev–Trinajstić information content (AvgIpc) is 3.22. The van der Waals surface area contributed by atoms with Gasteiger partial charge in [-0.1, -0.05) is 30.3 Å². The molecular formula is C21H22N8O. The molecule has 30 heavy (non-hydrogen) atoms. The monoisotopic (exact) mass is 402 g/mol. The first-order valence-electron chi connectivity index (χ1n) is 9.95. The lowest BCUT2D eigenvalue weighted by Crippen LogP contribution is -2.37. The summed E-state index contributed by atoms with van der Waals surface area (Å²) in [5.74, 6) is 0.893. The number of rotatable bonds is 5. The number of imidazole rings is 1. The molecule has 152 valence electrons. The van der Waals surface area contributed by atoms with Crippen LogP contribution in [0.25, 0.3) is 22.4 Å². The fourth-order valence-electron chi connectivity index (χ4n) is 3.56. The van der Waals surface area contributed by atoms with Gasteiger partial charge in [-0.15, -0.1) is 0 Å². The highest BCUT2D eigenvalue weighted by Crippen LogP contribution is 2.27. The molecule has 1 aromatic carbocycles. The molecule has 0 spiro atoms. The van der Waals surface area contributed by atoms with Crippen molar-refractivity contribution < 1.29 is 4.74 Å². The molecule has 1 fully saturated rings. The van der Waals surface area contributed by atoms with Gasteiger partial charge >= 0.3 is 0 Å². The fraction of sp³-hybridized carbons (Fsp3) is 0.286. The van der Waals surface area contributed by atoms with Crippen LogP contribution < -0.4 is 10.6 Å². The second-order valence-electron chi connectivity index (χ2n) is 7.15. The quantitative estimate of drug-likeness (QED) is 0.540. The summed E-state index contributed by atoms with van der Waals surface area (Å²) in [5.41, 5.74) is 9.94. The molecule has 3 aromatic heterocycles. The topological polar surface area (TPSA) is 108 Å². The molecule has 4 heterocycles. The van der Waals surface area contributed by atoms with Gasteiger partial charge in [-0.25, -0.2) is 19.9 Å². The number of aryl methyl sites for hydroxylation is 2. The van der Waals surface area contributed by atoms with Crippen LogP contribution in [0.2, 0.25) is 0 Å². The molecule has 0 atom stereocenters. The minimum absolute atomic E-state index is 0.228. The van der Waals surface area contributed by atoms with Gasteiger partial charge in [0.25, 0.3) is 0 Å². The van der Waals surface area contributed by atoms with Gasteiger partial charge in [0.1, 0.15) is 11.2 Å². The summed E-state index contributed by atoms with van der Waals surface area (Å²) >= 11 is 0. The van der Waals surface area contributed by atoms with E-state index in [9.17, 15) is 0 Å². The van der Waals surface area contributed by atoms with Crippen molar-refractivity contribution in [1.82, 2.24) is 29.5 Å². The summed E-state index contributed by atoms with van der Waals surface area (Å²) in [6, 6.07) is 10.4. The van der Waals surface area contributed by atoms with Crippen LogP contribution in [0.1, 0.15) is 5.56 Å². The van der Waals surface area contributed by atoms with Gasteiger partial charge in [0, 0.05) is 37.6 Å². The van der Waals surface area contributed by atoms with E-state index >= 15 is 0 Å². The van der Waals surface area contributed by atoms with E-state index in [1.165, 1.54) is 5.56 Å². The fourth-order valence-corrected chi connectivity index (χ4v) is 3.56. The zero-order valence-electron chi connectivity index (χ0n) is 16.5. The van der Waals surface area contributed by atoms with Crippen molar-refractivity contribution in [2.75, 3.05) is 36.9 Å². The van der Waals surface area contributed by atoms with E-state index in [2.05, 4.69) is 48.7 Å². The number of nitrogens with zero attached hydrogens (tertiary/aromatic N) is 7. The lowest BCUT2D eigenvalue weighted by atomic mass is 10.1. The van der Waals surface area contributed by atoms with E-state index in [1.807, 2.05) is 12.4 Å². The Balaban J connectivity index is 1.57. The molecule has 0 saturated carbocycles. The number of hydrogen-bond donors (Lipinski definition) is 1. The first kappa shape index (κ1) is 18.4. The smallest absolute Gasteiger partial charge is 0.228 e. The standard InChI is InChI=1S/C21H22N8O/c22-20-23-12-16(13-24-20)17-18-19(27-21(26-17)28-8-10-30-11-9-28)29(14-25-18)7-6-15-4-2-1-3-5-15/h1-5,12-14H,6-11H2,(H2,22,23,24). The first-order chi connectivity index (χ1) is 14.8. The zero-order chi connectivity index (χ0) is 20.3. The number of nitrogens with two attached hydrogens (primary N) is 1. The largest absolute Gasteiger partial charge is 0.378 e. The maximum Gasteiger partial charge on any atom is 0.228 e. The van der Waals surface area contributed by atoms with Crippen LogP contribution in [0.4, 0.5) is 11.9 Å². The Labute approximate surface area is 173 Å².